The number of hydrogen-bond acceptors (Lipinski definition) is 7. The molecule has 2 aliphatic rings. The first-order valence-electron chi connectivity index (χ1n) is 12.2. The zero-order chi connectivity index (χ0) is 28.0. The number of likely N-dealkylation sites (tertiary alicyclic amines) is 1. The van der Waals surface area contributed by atoms with E-state index in [0.29, 0.717) is 38.8 Å². The van der Waals surface area contributed by atoms with Gasteiger partial charge in [-0.2, -0.15) is 4.72 Å². The lowest BCUT2D eigenvalue weighted by molar-refractivity contribution is -0.140. The van der Waals surface area contributed by atoms with Gasteiger partial charge in [-0.15, -0.1) is 0 Å². The first-order valence-corrected chi connectivity index (χ1v) is 13.7. The van der Waals surface area contributed by atoms with E-state index in [4.69, 9.17) is 22.0 Å². The van der Waals surface area contributed by atoms with E-state index in [1.807, 2.05) is 0 Å². The summed E-state index contributed by atoms with van der Waals surface area (Å²) in [5, 5.41) is 19.5. The third kappa shape index (κ3) is 7.89. The summed E-state index contributed by atoms with van der Waals surface area (Å²) < 4.78 is 28.5. The van der Waals surface area contributed by atoms with Crippen molar-refractivity contribution in [3.8, 4) is 0 Å². The van der Waals surface area contributed by atoms with Gasteiger partial charge in [0.05, 0.1) is 17.7 Å². The summed E-state index contributed by atoms with van der Waals surface area (Å²) in [6.45, 7) is 0.768. The molecule has 14 nitrogen and oxygen atoms in total. The van der Waals surface area contributed by atoms with Gasteiger partial charge in [-0.3, -0.25) is 24.6 Å². The van der Waals surface area contributed by atoms with E-state index in [9.17, 15) is 27.6 Å². The zero-order valence-electron chi connectivity index (χ0n) is 20.8. The van der Waals surface area contributed by atoms with Crippen molar-refractivity contribution in [2.75, 3.05) is 19.6 Å². The number of nitrogens with two attached hydrogens (primary N) is 2. The predicted molar refractivity (Wildman–Crippen MR) is 135 cm³/mol. The Morgan fingerprint density at radius 2 is 1.79 bits per heavy atom. The molecule has 0 radical (unpaired) electrons. The zero-order valence-corrected chi connectivity index (χ0v) is 21.6. The maximum absolute atomic E-state index is 13.5. The number of carboxylic acid groups (broad SMARTS) is 1. The fourth-order valence-electron chi connectivity index (χ4n) is 4.29. The van der Waals surface area contributed by atoms with Crippen molar-refractivity contribution in [1.29, 1.82) is 5.41 Å². The smallest absolute Gasteiger partial charge is 0.305 e. The maximum atomic E-state index is 13.5. The molecule has 2 atom stereocenters. The average Bonchev–Trinajstić information content (AvgIpc) is 3.69. The summed E-state index contributed by atoms with van der Waals surface area (Å²) in [5.41, 5.74) is 10.8. The van der Waals surface area contributed by atoms with Crippen LogP contribution in [0.15, 0.2) is 29.2 Å². The van der Waals surface area contributed by atoms with Gasteiger partial charge in [-0.1, -0.05) is 0 Å². The van der Waals surface area contributed by atoms with Gasteiger partial charge in [0.15, 0.2) is 5.96 Å². The summed E-state index contributed by atoms with van der Waals surface area (Å²) in [6, 6.07) is 2.70. The maximum Gasteiger partial charge on any atom is 0.305 e. The molecule has 1 aliphatic heterocycles. The van der Waals surface area contributed by atoms with Crippen molar-refractivity contribution in [3.05, 3.63) is 29.8 Å². The molecular weight excluding hydrogens is 518 g/mol. The number of amides is 3. The van der Waals surface area contributed by atoms with Crippen molar-refractivity contribution in [2.45, 2.75) is 61.5 Å². The number of piperidine rings is 1. The third-order valence-corrected chi connectivity index (χ3v) is 7.89. The third-order valence-electron chi connectivity index (χ3n) is 6.40. The van der Waals surface area contributed by atoms with E-state index in [-0.39, 0.29) is 41.5 Å². The number of carbonyl (C=O) groups is 4. The molecule has 8 N–H and O–H groups in total. The summed E-state index contributed by atoms with van der Waals surface area (Å²) in [4.78, 5) is 51.6. The molecule has 15 heteroatoms. The Bertz CT molecular complexity index is 1190. The Morgan fingerprint density at radius 3 is 2.34 bits per heavy atom. The molecule has 1 heterocycles. The minimum Gasteiger partial charge on any atom is -0.481 e. The second-order valence-electron chi connectivity index (χ2n) is 9.41. The van der Waals surface area contributed by atoms with Crippen LogP contribution in [0.5, 0.6) is 0 Å². The highest BCUT2D eigenvalue weighted by Crippen LogP contribution is 2.28. The van der Waals surface area contributed by atoms with E-state index >= 15 is 0 Å². The summed E-state index contributed by atoms with van der Waals surface area (Å²) in [5.74, 6) is -3.25. The first kappa shape index (κ1) is 28.8. The van der Waals surface area contributed by atoms with Crippen LogP contribution in [-0.2, 0) is 24.4 Å². The number of aliphatic carboxylic acids is 1. The standard InChI is InChI=1S/C23H33N7O7S/c24-21(34)14-3-7-17(8-4-14)38(36,37)28-18(22(35)30(16-5-6-16)11-9-20(32)33)12-19(31)27-15-2-1-10-29(13-15)23(25)26/h3-4,7-8,15-16,18,28H,1-2,5-6,9-13H2,(H2,24,34)(H3,25,26)(H,27,31)(H,32,33)/t15-,18-/m0/s1. The van der Waals surface area contributed by atoms with Crippen LogP contribution in [0.3, 0.4) is 0 Å². The molecule has 0 aromatic heterocycles. The lowest BCUT2D eigenvalue weighted by atomic mass is 10.1. The number of nitrogens with zero attached hydrogens (tertiary/aromatic N) is 2. The van der Waals surface area contributed by atoms with E-state index in [1.54, 1.807) is 4.90 Å². The molecule has 3 rings (SSSR count). The van der Waals surface area contributed by atoms with Gasteiger partial charge >= 0.3 is 5.97 Å². The summed E-state index contributed by atoms with van der Waals surface area (Å²) >= 11 is 0. The quantitative estimate of drug-likeness (QED) is 0.135. The molecule has 38 heavy (non-hydrogen) atoms. The number of benzene rings is 1. The van der Waals surface area contributed by atoms with Gasteiger partial charge in [0.2, 0.25) is 27.7 Å². The molecule has 208 valence electrons. The van der Waals surface area contributed by atoms with Gasteiger partial charge in [-0.05, 0) is 49.9 Å². The van der Waals surface area contributed by atoms with Gasteiger partial charge in [0.25, 0.3) is 0 Å². The minimum absolute atomic E-state index is 0.0941. The molecule has 1 saturated carbocycles. The first-order chi connectivity index (χ1) is 17.9. The highest BCUT2D eigenvalue weighted by atomic mass is 32.2. The second-order valence-corrected chi connectivity index (χ2v) is 11.1. The van der Waals surface area contributed by atoms with E-state index < -0.39 is 46.2 Å². The van der Waals surface area contributed by atoms with E-state index in [2.05, 4.69) is 10.0 Å². The Hall–Kier alpha value is -3.72. The van der Waals surface area contributed by atoms with Crippen molar-refractivity contribution in [1.82, 2.24) is 19.8 Å². The lowest BCUT2D eigenvalue weighted by Gasteiger charge is -2.33. The molecule has 1 saturated heterocycles. The van der Waals surface area contributed by atoms with Gasteiger partial charge in [-0.25, -0.2) is 8.42 Å². The topological polar surface area (TPSA) is 229 Å². The monoisotopic (exact) mass is 551 g/mol. The summed E-state index contributed by atoms with van der Waals surface area (Å²) in [6.07, 6.45) is 1.75. The predicted octanol–water partition coefficient (Wildman–Crippen LogP) is -1.24. The number of rotatable bonds is 12. The number of hydrogen-bond donors (Lipinski definition) is 6. The lowest BCUT2D eigenvalue weighted by Crippen LogP contribution is -2.54. The molecule has 1 aliphatic carbocycles. The van der Waals surface area contributed by atoms with Gasteiger partial charge < -0.3 is 31.7 Å². The largest absolute Gasteiger partial charge is 0.481 e. The van der Waals surface area contributed by atoms with Gasteiger partial charge in [0.1, 0.15) is 6.04 Å². The molecule has 0 unspecified atom stereocenters. The highest BCUT2D eigenvalue weighted by molar-refractivity contribution is 7.89. The molecule has 0 bridgehead atoms. The molecule has 0 spiro atoms. The van der Waals surface area contributed by atoms with Crippen molar-refractivity contribution < 1.29 is 32.7 Å². The number of carboxylic acids is 1. The SMILES string of the molecule is N=C(N)N1CCC[C@H](NC(=O)C[C@H](NS(=O)(=O)c2ccc(C(N)=O)cc2)C(=O)N(CCC(=O)O)C2CC2)C1. The van der Waals surface area contributed by atoms with Crippen LogP contribution >= 0.6 is 0 Å². The number of carbonyl (C=O) groups excluding carboxylic acids is 3. The average molecular weight is 552 g/mol. The highest BCUT2D eigenvalue weighted by Gasteiger charge is 2.38. The number of guanidine groups is 1. The van der Waals surface area contributed by atoms with Crippen molar-refractivity contribution in [2.24, 2.45) is 11.5 Å². The Labute approximate surface area is 220 Å². The second kappa shape index (κ2) is 12.2. The van der Waals surface area contributed by atoms with Crippen molar-refractivity contribution in [3.63, 3.8) is 0 Å². The fraction of sp³-hybridized carbons (Fsp3) is 0.522. The van der Waals surface area contributed by atoms with Crippen LogP contribution in [0.25, 0.3) is 0 Å². The van der Waals surface area contributed by atoms with Crippen LogP contribution in [0.1, 0.15) is 48.9 Å². The molecule has 2 fully saturated rings. The van der Waals surface area contributed by atoms with E-state index in [1.165, 1.54) is 17.0 Å². The number of primary amides is 1. The Kier molecular flexibility index (Phi) is 9.27. The van der Waals surface area contributed by atoms with Crippen LogP contribution in [0, 0.1) is 5.41 Å². The van der Waals surface area contributed by atoms with E-state index in [0.717, 1.165) is 12.1 Å². The Morgan fingerprint density at radius 1 is 1.13 bits per heavy atom. The van der Waals surface area contributed by atoms with Crippen molar-refractivity contribution >= 4 is 39.7 Å². The molecule has 1 aromatic carbocycles. The van der Waals surface area contributed by atoms with Gasteiger partial charge in [0, 0.05) is 37.3 Å². The van der Waals surface area contributed by atoms with Crippen LogP contribution < -0.4 is 21.5 Å². The molecule has 1 aromatic rings. The normalized spacial score (nSPS) is 18.3. The minimum atomic E-state index is -4.31. The molecular formula is C23H33N7O7S. The van der Waals surface area contributed by atoms with Crippen LogP contribution in [-0.4, -0.2) is 90.7 Å². The molecule has 3 amide bonds. The number of sulfonamides is 1. The van der Waals surface area contributed by atoms with Crippen LogP contribution in [0.2, 0.25) is 0 Å². The Balaban J connectivity index is 1.80. The fourth-order valence-corrected chi connectivity index (χ4v) is 5.48. The summed E-state index contributed by atoms with van der Waals surface area (Å²) in [7, 11) is -4.31. The van der Waals surface area contributed by atoms with Crippen LogP contribution in [0.4, 0.5) is 0 Å². The number of nitrogens with one attached hydrogen (secondary N) is 3.